The maximum atomic E-state index is 10.8. The molecule has 0 spiro atoms. The summed E-state index contributed by atoms with van der Waals surface area (Å²) < 4.78 is 0. The van der Waals surface area contributed by atoms with Crippen LogP contribution in [0.25, 0.3) is 0 Å². The smallest absolute Gasteiger partial charge is 0.279 e. The third kappa shape index (κ3) is 3.09. The van der Waals surface area contributed by atoms with Gasteiger partial charge in [-0.2, -0.15) is 0 Å². The van der Waals surface area contributed by atoms with Gasteiger partial charge < -0.3 is 4.79 Å². The van der Waals surface area contributed by atoms with E-state index < -0.39 is 9.85 Å². The summed E-state index contributed by atoms with van der Waals surface area (Å²) in [6.07, 6.45) is 1.52. The van der Waals surface area contributed by atoms with Gasteiger partial charge in [-0.25, -0.2) is 0 Å². The first-order valence-electron chi connectivity index (χ1n) is 5.36. The Bertz CT molecular complexity index is 486. The fourth-order valence-corrected chi connectivity index (χ4v) is 1.58. The number of rotatable bonds is 6. The van der Waals surface area contributed by atoms with E-state index in [1.807, 2.05) is 0 Å². The second-order valence-electron chi connectivity index (χ2n) is 3.84. The number of benzene rings is 1. The van der Waals surface area contributed by atoms with Gasteiger partial charge in [0.05, 0.1) is 15.9 Å². The van der Waals surface area contributed by atoms with E-state index >= 15 is 0 Å². The van der Waals surface area contributed by atoms with E-state index in [1.165, 1.54) is 12.1 Å². The Labute approximate surface area is 103 Å². The second-order valence-corrected chi connectivity index (χ2v) is 3.84. The van der Waals surface area contributed by atoms with Crippen LogP contribution in [0.15, 0.2) is 18.2 Å². The molecule has 0 aliphatic carbocycles. The predicted octanol–water partition coefficient (Wildman–Crippen LogP) is 2.27. The molecule has 0 saturated heterocycles. The third-order valence-electron chi connectivity index (χ3n) is 2.68. The number of hydrogen-bond donors (Lipinski definition) is 0. The SMILES string of the molecule is CC[C@H](C=O)Cc1ccc([N+](=O)[O-])cc1[N+](=O)[O-]. The van der Waals surface area contributed by atoms with Crippen molar-refractivity contribution in [2.45, 2.75) is 19.8 Å². The summed E-state index contributed by atoms with van der Waals surface area (Å²) >= 11 is 0. The summed E-state index contributed by atoms with van der Waals surface area (Å²) in [5.74, 6) is -0.315. The molecule has 0 fully saturated rings. The maximum Gasteiger partial charge on any atom is 0.279 e. The third-order valence-corrected chi connectivity index (χ3v) is 2.68. The largest absolute Gasteiger partial charge is 0.303 e. The Kier molecular flexibility index (Phi) is 4.47. The summed E-state index contributed by atoms with van der Waals surface area (Å²) in [5, 5.41) is 21.4. The lowest BCUT2D eigenvalue weighted by molar-refractivity contribution is -0.394. The van der Waals surface area contributed by atoms with Crippen molar-refractivity contribution < 1.29 is 14.6 Å². The van der Waals surface area contributed by atoms with E-state index in [0.717, 1.165) is 12.4 Å². The Morgan fingerprint density at radius 2 is 1.94 bits per heavy atom. The van der Waals surface area contributed by atoms with Gasteiger partial charge >= 0.3 is 0 Å². The normalized spacial score (nSPS) is 11.8. The van der Waals surface area contributed by atoms with Crippen molar-refractivity contribution in [1.82, 2.24) is 0 Å². The van der Waals surface area contributed by atoms with Gasteiger partial charge in [0, 0.05) is 17.5 Å². The van der Waals surface area contributed by atoms with E-state index in [4.69, 9.17) is 0 Å². The zero-order valence-electron chi connectivity index (χ0n) is 9.74. The molecule has 0 aliphatic heterocycles. The Morgan fingerprint density at radius 1 is 1.28 bits per heavy atom. The fourth-order valence-electron chi connectivity index (χ4n) is 1.58. The minimum absolute atomic E-state index is 0.217. The molecule has 0 radical (unpaired) electrons. The van der Waals surface area contributed by atoms with Gasteiger partial charge in [0.25, 0.3) is 11.4 Å². The van der Waals surface area contributed by atoms with Crippen molar-refractivity contribution >= 4 is 17.7 Å². The van der Waals surface area contributed by atoms with Gasteiger partial charge in [-0.05, 0) is 18.9 Å². The molecule has 0 N–H and O–H groups in total. The molecular weight excluding hydrogens is 240 g/mol. The number of carbonyl (C=O) groups excluding carboxylic acids is 1. The average molecular weight is 252 g/mol. The minimum atomic E-state index is -0.687. The summed E-state index contributed by atoms with van der Waals surface area (Å²) in [6, 6.07) is 3.47. The molecule has 96 valence electrons. The number of nitro benzene ring substituents is 2. The predicted molar refractivity (Wildman–Crippen MR) is 63.3 cm³/mol. The van der Waals surface area contributed by atoms with Gasteiger partial charge in [-0.1, -0.05) is 6.92 Å². The number of aldehydes is 1. The lowest BCUT2D eigenvalue weighted by Crippen LogP contribution is -2.07. The van der Waals surface area contributed by atoms with E-state index in [9.17, 15) is 25.0 Å². The van der Waals surface area contributed by atoms with Crippen molar-refractivity contribution in [3.8, 4) is 0 Å². The lowest BCUT2D eigenvalue weighted by atomic mass is 9.97. The van der Waals surface area contributed by atoms with E-state index in [-0.39, 0.29) is 23.7 Å². The van der Waals surface area contributed by atoms with Crippen molar-refractivity contribution in [2.75, 3.05) is 0 Å². The molecule has 0 heterocycles. The summed E-state index contributed by atoms with van der Waals surface area (Å²) in [4.78, 5) is 30.8. The second kappa shape index (κ2) is 5.85. The van der Waals surface area contributed by atoms with Crippen LogP contribution in [0.4, 0.5) is 11.4 Å². The minimum Gasteiger partial charge on any atom is -0.303 e. The molecular formula is C11H12N2O5. The van der Waals surface area contributed by atoms with Gasteiger partial charge in [-0.15, -0.1) is 0 Å². The van der Waals surface area contributed by atoms with Crippen LogP contribution < -0.4 is 0 Å². The Hall–Kier alpha value is -2.31. The van der Waals surface area contributed by atoms with E-state index in [2.05, 4.69) is 0 Å². The summed E-state index contributed by atoms with van der Waals surface area (Å²) in [5.41, 5.74) is -0.307. The average Bonchev–Trinajstić information content (AvgIpc) is 2.35. The molecule has 1 aromatic rings. The van der Waals surface area contributed by atoms with E-state index in [0.29, 0.717) is 12.0 Å². The molecule has 1 aromatic carbocycles. The molecule has 1 rings (SSSR count). The van der Waals surface area contributed by atoms with Crippen LogP contribution in [0.3, 0.4) is 0 Å². The number of nitro groups is 2. The van der Waals surface area contributed by atoms with Gasteiger partial charge in [0.1, 0.15) is 6.29 Å². The van der Waals surface area contributed by atoms with Crippen LogP contribution in [-0.4, -0.2) is 16.1 Å². The van der Waals surface area contributed by atoms with Crippen LogP contribution in [-0.2, 0) is 11.2 Å². The molecule has 1 atom stereocenters. The van der Waals surface area contributed by atoms with Crippen molar-refractivity contribution in [3.05, 3.63) is 44.0 Å². The topological polar surface area (TPSA) is 103 Å². The molecule has 7 nitrogen and oxygen atoms in total. The summed E-state index contributed by atoms with van der Waals surface area (Å²) in [6.45, 7) is 1.80. The zero-order valence-corrected chi connectivity index (χ0v) is 9.74. The number of hydrogen-bond acceptors (Lipinski definition) is 5. The molecule has 0 aliphatic rings. The molecule has 7 heteroatoms. The highest BCUT2D eigenvalue weighted by Gasteiger charge is 2.21. The zero-order chi connectivity index (χ0) is 13.7. The van der Waals surface area contributed by atoms with Crippen molar-refractivity contribution in [1.29, 1.82) is 0 Å². The molecule has 18 heavy (non-hydrogen) atoms. The molecule has 0 aromatic heterocycles. The quantitative estimate of drug-likeness (QED) is 0.438. The molecule has 0 amide bonds. The van der Waals surface area contributed by atoms with Crippen LogP contribution in [0.5, 0.6) is 0 Å². The van der Waals surface area contributed by atoms with Crippen LogP contribution in [0.1, 0.15) is 18.9 Å². The van der Waals surface area contributed by atoms with Crippen molar-refractivity contribution in [2.24, 2.45) is 5.92 Å². The number of non-ortho nitro benzene ring substituents is 1. The molecule has 0 bridgehead atoms. The van der Waals surface area contributed by atoms with Crippen LogP contribution >= 0.6 is 0 Å². The maximum absolute atomic E-state index is 10.8. The monoisotopic (exact) mass is 252 g/mol. The lowest BCUT2D eigenvalue weighted by Gasteiger charge is -2.07. The first kappa shape index (κ1) is 13.8. The first-order valence-corrected chi connectivity index (χ1v) is 5.36. The van der Waals surface area contributed by atoms with Crippen molar-refractivity contribution in [3.63, 3.8) is 0 Å². The van der Waals surface area contributed by atoms with Crippen LogP contribution in [0, 0.1) is 26.1 Å². The van der Waals surface area contributed by atoms with Gasteiger partial charge in [0.2, 0.25) is 0 Å². The Balaban J connectivity index is 3.15. The van der Waals surface area contributed by atoms with Gasteiger partial charge in [0.15, 0.2) is 0 Å². The van der Waals surface area contributed by atoms with Crippen LogP contribution in [0.2, 0.25) is 0 Å². The number of nitrogens with zero attached hydrogens (tertiary/aromatic N) is 2. The summed E-state index contributed by atoms with van der Waals surface area (Å²) in [7, 11) is 0. The van der Waals surface area contributed by atoms with Gasteiger partial charge in [-0.3, -0.25) is 20.2 Å². The first-order chi connectivity index (χ1) is 8.49. The molecule has 0 unspecified atom stereocenters. The highest BCUT2D eigenvalue weighted by Crippen LogP contribution is 2.26. The van der Waals surface area contributed by atoms with E-state index in [1.54, 1.807) is 6.92 Å². The highest BCUT2D eigenvalue weighted by atomic mass is 16.6. The fraction of sp³-hybridized carbons (Fsp3) is 0.364. The molecule has 0 saturated carbocycles. The number of carbonyl (C=O) groups is 1. The standard InChI is InChI=1S/C11H12N2O5/c1-2-8(7-14)5-9-3-4-10(12(15)16)6-11(9)13(17)18/h3-4,6-8H,2,5H2,1H3/t8-/m0/s1. The highest BCUT2D eigenvalue weighted by molar-refractivity contribution is 5.56. The Morgan fingerprint density at radius 3 is 2.39 bits per heavy atom.